The van der Waals surface area contributed by atoms with Crippen LogP contribution >= 0.6 is 7.82 Å². The first-order valence-corrected chi connectivity index (χ1v) is 5.79. The monoisotopic (exact) mass is 211 g/mol. The predicted molar refractivity (Wildman–Crippen MR) is 50.6 cm³/mol. The zero-order chi connectivity index (χ0) is 10.2. The number of rotatable bonds is 8. The van der Waals surface area contributed by atoms with Crippen LogP contribution < -0.4 is 5.32 Å². The minimum atomic E-state index is -3.74. The highest BCUT2D eigenvalue weighted by Gasteiger charge is 2.16. The molecule has 0 bridgehead atoms. The highest BCUT2D eigenvalue weighted by molar-refractivity contribution is 7.47. The highest BCUT2D eigenvalue weighted by atomic mass is 31.2. The van der Waals surface area contributed by atoms with E-state index < -0.39 is 7.82 Å². The summed E-state index contributed by atoms with van der Waals surface area (Å²) in [6.45, 7) is 1.23. The summed E-state index contributed by atoms with van der Waals surface area (Å²) in [7, 11) is -0.698. The van der Waals surface area contributed by atoms with Gasteiger partial charge in [-0.3, -0.25) is 9.05 Å². The van der Waals surface area contributed by atoms with Gasteiger partial charge in [0.2, 0.25) is 0 Å². The second-order valence-electron chi connectivity index (χ2n) is 2.65. The summed E-state index contributed by atoms with van der Waals surface area (Å²) in [6, 6.07) is 0. The van der Waals surface area contributed by atoms with Crippen molar-refractivity contribution in [2.75, 3.05) is 27.3 Å². The lowest BCUT2D eigenvalue weighted by molar-refractivity contribution is 0.170. The summed E-state index contributed by atoms with van der Waals surface area (Å²) in [5, 5.41) is 3.02. The van der Waals surface area contributed by atoms with Crippen LogP contribution in [0.1, 0.15) is 19.3 Å². The molecule has 0 saturated carbocycles. The van der Waals surface area contributed by atoms with Crippen LogP contribution in [-0.4, -0.2) is 32.2 Å². The molecule has 0 saturated heterocycles. The molecule has 0 amide bonds. The van der Waals surface area contributed by atoms with E-state index in [2.05, 4.69) is 14.4 Å². The second-order valence-corrected chi connectivity index (χ2v) is 4.21. The van der Waals surface area contributed by atoms with Gasteiger partial charge in [-0.25, -0.2) is 4.57 Å². The van der Waals surface area contributed by atoms with E-state index in [-0.39, 0.29) is 6.61 Å². The summed E-state index contributed by atoms with van der Waals surface area (Å²) in [6.07, 6.45) is 2.79. The van der Waals surface area contributed by atoms with Gasteiger partial charge in [0.05, 0.1) is 6.61 Å². The molecule has 0 aliphatic carbocycles. The molecule has 2 N–H and O–H groups in total. The van der Waals surface area contributed by atoms with Crippen LogP contribution in [0.3, 0.4) is 0 Å². The number of unbranched alkanes of at least 4 members (excludes halogenated alkanes) is 2. The quantitative estimate of drug-likeness (QED) is 0.465. The molecule has 0 fully saturated rings. The molecule has 0 spiro atoms. The van der Waals surface area contributed by atoms with Crippen LogP contribution in [0.15, 0.2) is 0 Å². The number of phosphoric acid groups is 1. The van der Waals surface area contributed by atoms with Crippen molar-refractivity contribution in [3.05, 3.63) is 0 Å². The fourth-order valence-electron chi connectivity index (χ4n) is 0.813. The van der Waals surface area contributed by atoms with Crippen LogP contribution in [0.2, 0.25) is 0 Å². The Morgan fingerprint density at radius 1 is 1.38 bits per heavy atom. The third kappa shape index (κ3) is 8.40. The first kappa shape index (κ1) is 13.1. The summed E-state index contributed by atoms with van der Waals surface area (Å²) >= 11 is 0. The average Bonchev–Trinajstić information content (AvgIpc) is 2.11. The Bertz CT molecular complexity index is 165. The van der Waals surface area contributed by atoms with Crippen molar-refractivity contribution in [2.45, 2.75) is 19.3 Å². The number of hydrogen-bond acceptors (Lipinski definition) is 4. The average molecular weight is 211 g/mol. The van der Waals surface area contributed by atoms with Gasteiger partial charge in [-0.1, -0.05) is 0 Å². The van der Waals surface area contributed by atoms with Crippen LogP contribution in [0.25, 0.3) is 0 Å². The predicted octanol–water partition coefficient (Wildman–Crippen LogP) is 1.14. The minimum absolute atomic E-state index is 0.269. The maximum absolute atomic E-state index is 10.8. The molecule has 5 nitrogen and oxygen atoms in total. The highest BCUT2D eigenvalue weighted by Crippen LogP contribution is 2.41. The molecule has 0 aliphatic rings. The van der Waals surface area contributed by atoms with Gasteiger partial charge in [0.15, 0.2) is 0 Å². The SMILES string of the molecule is CNCCCCCOP(=O)(O)OC. The van der Waals surface area contributed by atoms with E-state index in [1.54, 1.807) is 0 Å². The van der Waals surface area contributed by atoms with E-state index in [9.17, 15) is 4.57 Å². The van der Waals surface area contributed by atoms with Crippen molar-refractivity contribution in [2.24, 2.45) is 0 Å². The molecule has 0 aromatic heterocycles. The van der Waals surface area contributed by atoms with Gasteiger partial charge < -0.3 is 10.2 Å². The Balaban J connectivity index is 3.21. The molecule has 13 heavy (non-hydrogen) atoms. The van der Waals surface area contributed by atoms with Gasteiger partial charge in [-0.2, -0.15) is 0 Å². The minimum Gasteiger partial charge on any atom is -0.320 e. The molecule has 0 rings (SSSR count). The molecule has 0 aliphatic heterocycles. The Morgan fingerprint density at radius 3 is 2.62 bits per heavy atom. The molecule has 80 valence electrons. The summed E-state index contributed by atoms with van der Waals surface area (Å²) < 4.78 is 19.6. The molecule has 0 aromatic carbocycles. The maximum atomic E-state index is 10.8. The van der Waals surface area contributed by atoms with Gasteiger partial charge in [0, 0.05) is 7.11 Å². The lowest BCUT2D eigenvalue weighted by Crippen LogP contribution is -2.07. The van der Waals surface area contributed by atoms with Gasteiger partial charge in [0.1, 0.15) is 0 Å². The fraction of sp³-hybridized carbons (Fsp3) is 1.00. The molecule has 1 unspecified atom stereocenters. The van der Waals surface area contributed by atoms with Gasteiger partial charge >= 0.3 is 7.82 Å². The van der Waals surface area contributed by atoms with Crippen molar-refractivity contribution >= 4 is 7.82 Å². The molecule has 6 heteroatoms. The number of phosphoric ester groups is 1. The third-order valence-corrected chi connectivity index (χ3v) is 2.53. The molecule has 0 aromatic rings. The van der Waals surface area contributed by atoms with Crippen molar-refractivity contribution in [1.82, 2.24) is 5.32 Å². The first-order chi connectivity index (χ1) is 6.12. The van der Waals surface area contributed by atoms with Crippen LogP contribution in [0, 0.1) is 0 Å². The Hall–Kier alpha value is 0.0700. The Kier molecular flexibility index (Phi) is 7.51. The van der Waals surface area contributed by atoms with E-state index >= 15 is 0 Å². The second kappa shape index (κ2) is 7.47. The van der Waals surface area contributed by atoms with Crippen molar-refractivity contribution < 1.29 is 18.5 Å². The molecule has 0 radical (unpaired) electrons. The Labute approximate surface area is 79.0 Å². The number of nitrogens with one attached hydrogen (secondary N) is 1. The van der Waals surface area contributed by atoms with E-state index in [4.69, 9.17) is 4.89 Å². The van der Waals surface area contributed by atoms with Crippen molar-refractivity contribution in [1.29, 1.82) is 0 Å². The molecular weight excluding hydrogens is 193 g/mol. The fourth-order valence-corrected chi connectivity index (χ4v) is 1.28. The Morgan fingerprint density at radius 2 is 2.08 bits per heavy atom. The van der Waals surface area contributed by atoms with E-state index in [0.29, 0.717) is 0 Å². The van der Waals surface area contributed by atoms with Crippen LogP contribution in [-0.2, 0) is 13.6 Å². The molecule has 0 heterocycles. The van der Waals surface area contributed by atoms with Crippen LogP contribution in [0.4, 0.5) is 0 Å². The van der Waals surface area contributed by atoms with Gasteiger partial charge in [-0.15, -0.1) is 0 Å². The third-order valence-electron chi connectivity index (χ3n) is 1.56. The van der Waals surface area contributed by atoms with E-state index in [1.165, 1.54) is 0 Å². The zero-order valence-corrected chi connectivity index (χ0v) is 9.05. The summed E-state index contributed by atoms with van der Waals surface area (Å²) in [5.74, 6) is 0. The summed E-state index contributed by atoms with van der Waals surface area (Å²) in [4.78, 5) is 8.82. The first-order valence-electron chi connectivity index (χ1n) is 4.30. The topological polar surface area (TPSA) is 67.8 Å². The lowest BCUT2D eigenvalue weighted by Gasteiger charge is -2.08. The normalized spacial score (nSPS) is 15.6. The summed E-state index contributed by atoms with van der Waals surface area (Å²) in [5.41, 5.74) is 0. The van der Waals surface area contributed by atoms with E-state index in [1.807, 2.05) is 7.05 Å². The van der Waals surface area contributed by atoms with E-state index in [0.717, 1.165) is 32.9 Å². The largest absolute Gasteiger partial charge is 0.471 e. The van der Waals surface area contributed by atoms with Gasteiger partial charge in [-0.05, 0) is 32.9 Å². The number of hydrogen-bond donors (Lipinski definition) is 2. The van der Waals surface area contributed by atoms with Crippen LogP contribution in [0.5, 0.6) is 0 Å². The lowest BCUT2D eigenvalue weighted by atomic mass is 10.2. The molecule has 1 atom stereocenters. The maximum Gasteiger partial charge on any atom is 0.471 e. The smallest absolute Gasteiger partial charge is 0.320 e. The standard InChI is InChI=1S/C7H18NO4P/c1-8-6-4-3-5-7-12-13(9,10)11-2/h8H,3-7H2,1-2H3,(H,9,10). The van der Waals surface area contributed by atoms with Crippen molar-refractivity contribution in [3.8, 4) is 0 Å². The molecular formula is C7H18NO4P. The van der Waals surface area contributed by atoms with Crippen molar-refractivity contribution in [3.63, 3.8) is 0 Å². The van der Waals surface area contributed by atoms with Gasteiger partial charge in [0.25, 0.3) is 0 Å². The zero-order valence-electron chi connectivity index (χ0n) is 8.15.